The maximum Gasteiger partial charge on any atom is 0.169 e. The molecule has 2 aromatic rings. The van der Waals surface area contributed by atoms with E-state index >= 15 is 0 Å². The molecule has 0 amide bonds. The molecule has 16 heavy (non-hydrogen) atoms. The van der Waals surface area contributed by atoms with Crippen molar-refractivity contribution < 1.29 is 4.52 Å². The molecule has 1 aliphatic heterocycles. The van der Waals surface area contributed by atoms with E-state index in [0.717, 1.165) is 11.3 Å². The molecule has 0 bridgehead atoms. The maximum absolute atomic E-state index is 5.58. The van der Waals surface area contributed by atoms with Gasteiger partial charge in [-0.1, -0.05) is 29.4 Å². The predicted molar refractivity (Wildman–Crippen MR) is 66.4 cm³/mol. The molecule has 2 heterocycles. The first-order valence-corrected chi connectivity index (χ1v) is 6.39. The molecular formula is C12H12N2OS. The van der Waals surface area contributed by atoms with Gasteiger partial charge in [0.2, 0.25) is 0 Å². The van der Waals surface area contributed by atoms with E-state index in [4.69, 9.17) is 10.3 Å². The number of nitrogen functional groups attached to an aromatic ring is 1. The number of nitrogens with zero attached hydrogens (tertiary/aromatic N) is 1. The summed E-state index contributed by atoms with van der Waals surface area (Å²) in [4.78, 5) is 0. The summed E-state index contributed by atoms with van der Waals surface area (Å²) in [5.74, 6) is 4.24. The molecule has 3 rings (SSSR count). The Morgan fingerprint density at radius 2 is 2.12 bits per heavy atom. The average Bonchev–Trinajstić information content (AvgIpc) is 2.63. The highest BCUT2D eigenvalue weighted by Crippen LogP contribution is 2.39. The second-order valence-electron chi connectivity index (χ2n) is 3.94. The van der Waals surface area contributed by atoms with Crippen LogP contribution in [0.4, 0.5) is 5.82 Å². The van der Waals surface area contributed by atoms with Crippen LogP contribution in [-0.2, 0) is 0 Å². The lowest BCUT2D eigenvalue weighted by Gasteiger charge is -2.26. The molecular weight excluding hydrogens is 220 g/mol. The fourth-order valence-electron chi connectivity index (χ4n) is 1.91. The van der Waals surface area contributed by atoms with E-state index in [0.29, 0.717) is 11.7 Å². The Kier molecular flexibility index (Phi) is 2.36. The molecule has 0 spiro atoms. The fourth-order valence-corrected chi connectivity index (χ4v) is 2.74. The molecule has 2 N–H and O–H groups in total. The standard InChI is InChI=1S/C12H12N2OS/c13-12-5-11(15-14-12)10-4-2-1-3-9(10)8-6-16-7-8/h1-5,8H,6-7H2,(H2,13,14). The van der Waals surface area contributed by atoms with E-state index in [1.165, 1.54) is 17.1 Å². The van der Waals surface area contributed by atoms with Crippen molar-refractivity contribution in [3.05, 3.63) is 35.9 Å². The highest BCUT2D eigenvalue weighted by Gasteiger charge is 2.24. The smallest absolute Gasteiger partial charge is 0.169 e. The zero-order chi connectivity index (χ0) is 11.0. The second kappa shape index (κ2) is 3.87. The first kappa shape index (κ1) is 9.78. The van der Waals surface area contributed by atoms with Crippen LogP contribution in [0.15, 0.2) is 34.9 Å². The van der Waals surface area contributed by atoms with Gasteiger partial charge >= 0.3 is 0 Å². The highest BCUT2D eigenvalue weighted by atomic mass is 32.2. The van der Waals surface area contributed by atoms with E-state index < -0.39 is 0 Å². The largest absolute Gasteiger partial charge is 0.381 e. The van der Waals surface area contributed by atoms with Crippen LogP contribution in [0.25, 0.3) is 11.3 Å². The van der Waals surface area contributed by atoms with Crippen LogP contribution in [0.1, 0.15) is 11.5 Å². The minimum atomic E-state index is 0.438. The number of nitrogens with two attached hydrogens (primary N) is 1. The van der Waals surface area contributed by atoms with Crippen molar-refractivity contribution in [2.45, 2.75) is 5.92 Å². The van der Waals surface area contributed by atoms with E-state index in [-0.39, 0.29) is 0 Å². The van der Waals surface area contributed by atoms with Crippen molar-refractivity contribution in [1.29, 1.82) is 0 Å². The van der Waals surface area contributed by atoms with Crippen LogP contribution in [-0.4, -0.2) is 16.7 Å². The molecule has 3 nitrogen and oxygen atoms in total. The number of hydrogen-bond donors (Lipinski definition) is 1. The third-order valence-corrected chi connectivity index (χ3v) is 4.11. The minimum absolute atomic E-state index is 0.438. The Bertz CT molecular complexity index is 505. The summed E-state index contributed by atoms with van der Waals surface area (Å²) in [7, 11) is 0. The summed E-state index contributed by atoms with van der Waals surface area (Å²) in [6, 6.07) is 10.1. The zero-order valence-electron chi connectivity index (χ0n) is 8.72. The van der Waals surface area contributed by atoms with E-state index in [9.17, 15) is 0 Å². The van der Waals surface area contributed by atoms with Crippen LogP contribution in [0, 0.1) is 0 Å². The number of aromatic nitrogens is 1. The molecule has 0 radical (unpaired) electrons. The van der Waals surface area contributed by atoms with Crippen molar-refractivity contribution in [3.8, 4) is 11.3 Å². The Labute approximate surface area is 98.0 Å². The van der Waals surface area contributed by atoms with Crippen molar-refractivity contribution in [2.75, 3.05) is 17.2 Å². The van der Waals surface area contributed by atoms with Crippen molar-refractivity contribution in [1.82, 2.24) is 5.16 Å². The van der Waals surface area contributed by atoms with Crippen LogP contribution in [0.5, 0.6) is 0 Å². The lowest BCUT2D eigenvalue weighted by Crippen LogP contribution is -2.16. The van der Waals surface area contributed by atoms with Gasteiger partial charge in [0.1, 0.15) is 0 Å². The normalized spacial score (nSPS) is 16.0. The average molecular weight is 232 g/mol. The highest BCUT2D eigenvalue weighted by molar-refractivity contribution is 8.00. The van der Waals surface area contributed by atoms with Crippen LogP contribution in [0.2, 0.25) is 0 Å². The summed E-state index contributed by atoms with van der Waals surface area (Å²) in [6.07, 6.45) is 0. The maximum atomic E-state index is 5.58. The Balaban J connectivity index is 2.05. The number of anilines is 1. The van der Waals surface area contributed by atoms with Gasteiger partial charge in [0, 0.05) is 29.1 Å². The van der Waals surface area contributed by atoms with E-state index in [2.05, 4.69) is 23.4 Å². The molecule has 82 valence electrons. The fraction of sp³-hybridized carbons (Fsp3) is 0.250. The Morgan fingerprint density at radius 1 is 1.31 bits per heavy atom. The predicted octanol–water partition coefficient (Wildman–Crippen LogP) is 2.75. The quantitative estimate of drug-likeness (QED) is 0.865. The molecule has 1 fully saturated rings. The van der Waals surface area contributed by atoms with Gasteiger partial charge in [0.05, 0.1) is 0 Å². The number of hydrogen-bond acceptors (Lipinski definition) is 4. The summed E-state index contributed by atoms with van der Waals surface area (Å²) >= 11 is 1.98. The van der Waals surface area contributed by atoms with Gasteiger partial charge in [-0.3, -0.25) is 0 Å². The minimum Gasteiger partial charge on any atom is -0.381 e. The number of rotatable bonds is 2. The van der Waals surface area contributed by atoms with Gasteiger partial charge in [0.15, 0.2) is 11.6 Å². The monoisotopic (exact) mass is 232 g/mol. The first-order valence-electron chi connectivity index (χ1n) is 5.24. The van der Waals surface area contributed by atoms with Gasteiger partial charge in [-0.05, 0) is 5.56 Å². The van der Waals surface area contributed by atoms with Gasteiger partial charge < -0.3 is 10.3 Å². The van der Waals surface area contributed by atoms with Crippen molar-refractivity contribution >= 4 is 17.6 Å². The molecule has 4 heteroatoms. The van der Waals surface area contributed by atoms with Crippen molar-refractivity contribution in [3.63, 3.8) is 0 Å². The molecule has 0 unspecified atom stereocenters. The third kappa shape index (κ3) is 1.59. The second-order valence-corrected chi connectivity index (χ2v) is 5.01. The van der Waals surface area contributed by atoms with E-state index in [1.807, 2.05) is 17.8 Å². The summed E-state index contributed by atoms with van der Waals surface area (Å²) < 4.78 is 5.23. The Morgan fingerprint density at radius 3 is 2.75 bits per heavy atom. The lowest BCUT2D eigenvalue weighted by atomic mass is 9.95. The summed E-state index contributed by atoms with van der Waals surface area (Å²) in [6.45, 7) is 0. The number of benzene rings is 1. The molecule has 0 aliphatic carbocycles. The topological polar surface area (TPSA) is 52.0 Å². The Hall–Kier alpha value is -1.42. The molecule has 1 aromatic heterocycles. The molecule has 1 aromatic carbocycles. The molecule has 0 saturated carbocycles. The van der Waals surface area contributed by atoms with Crippen LogP contribution >= 0.6 is 11.8 Å². The molecule has 1 saturated heterocycles. The third-order valence-electron chi connectivity index (χ3n) is 2.83. The molecule has 0 atom stereocenters. The molecule has 1 aliphatic rings. The van der Waals surface area contributed by atoms with Crippen LogP contribution < -0.4 is 5.73 Å². The van der Waals surface area contributed by atoms with E-state index in [1.54, 1.807) is 6.07 Å². The first-order chi connectivity index (χ1) is 7.84. The zero-order valence-corrected chi connectivity index (χ0v) is 9.54. The van der Waals surface area contributed by atoms with Gasteiger partial charge in [-0.2, -0.15) is 11.8 Å². The summed E-state index contributed by atoms with van der Waals surface area (Å²) in [5, 5.41) is 3.73. The van der Waals surface area contributed by atoms with Gasteiger partial charge in [-0.25, -0.2) is 0 Å². The van der Waals surface area contributed by atoms with Gasteiger partial charge in [0.25, 0.3) is 0 Å². The van der Waals surface area contributed by atoms with Crippen molar-refractivity contribution in [2.24, 2.45) is 0 Å². The lowest BCUT2D eigenvalue weighted by molar-refractivity contribution is 0.435. The SMILES string of the molecule is Nc1cc(-c2ccccc2C2CSC2)on1. The van der Waals surface area contributed by atoms with Crippen LogP contribution in [0.3, 0.4) is 0 Å². The van der Waals surface area contributed by atoms with Gasteiger partial charge in [-0.15, -0.1) is 0 Å². The summed E-state index contributed by atoms with van der Waals surface area (Å²) in [5.41, 5.74) is 8.05. The number of thioether (sulfide) groups is 1.